The topological polar surface area (TPSA) is 0 Å². The average molecular weight is 322 g/mol. The smallest absolute Gasteiger partial charge is 0.0656 e. The summed E-state index contributed by atoms with van der Waals surface area (Å²) in [6.07, 6.45) is 0. The third kappa shape index (κ3) is 2.67. The highest BCUT2D eigenvalue weighted by molar-refractivity contribution is 9.13. The van der Waals surface area contributed by atoms with Gasteiger partial charge in [0, 0.05) is 8.95 Å². The van der Waals surface area contributed by atoms with Crippen LogP contribution >= 0.6 is 31.9 Å². The molecule has 72 valence electrons. The standard InChI is InChI=1S/C10H14Br2Si/c1-7-5-8(11)10(12)9(6-7)13(2,3)4/h5-6H,1-4H3. The SMILES string of the molecule is Cc1cc(Br)c(Br)c([Si](C)(C)C)c1. The summed E-state index contributed by atoms with van der Waals surface area (Å²) >= 11 is 7.20. The summed E-state index contributed by atoms with van der Waals surface area (Å²) in [5.41, 5.74) is 1.33. The summed E-state index contributed by atoms with van der Waals surface area (Å²) in [5.74, 6) is 0. The first kappa shape index (κ1) is 11.5. The van der Waals surface area contributed by atoms with Gasteiger partial charge in [-0.2, -0.15) is 0 Å². The molecule has 0 heterocycles. The lowest BCUT2D eigenvalue weighted by molar-refractivity contribution is 1.44. The van der Waals surface area contributed by atoms with Gasteiger partial charge >= 0.3 is 0 Å². The Bertz CT molecular complexity index is 326. The summed E-state index contributed by atoms with van der Waals surface area (Å²) in [4.78, 5) is 0. The first-order valence-corrected chi connectivity index (χ1v) is 9.37. The Balaban J connectivity index is 3.37. The van der Waals surface area contributed by atoms with E-state index in [-0.39, 0.29) is 0 Å². The lowest BCUT2D eigenvalue weighted by Crippen LogP contribution is -2.38. The summed E-state index contributed by atoms with van der Waals surface area (Å²) in [6.45, 7) is 9.22. The summed E-state index contributed by atoms with van der Waals surface area (Å²) in [6, 6.07) is 4.44. The van der Waals surface area contributed by atoms with Crippen LogP contribution in [0.1, 0.15) is 5.56 Å². The van der Waals surface area contributed by atoms with Crippen molar-refractivity contribution in [2.45, 2.75) is 26.6 Å². The molecule has 1 aromatic rings. The van der Waals surface area contributed by atoms with Crippen molar-refractivity contribution >= 4 is 45.1 Å². The Hall–Kier alpha value is 0.397. The fourth-order valence-electron chi connectivity index (χ4n) is 1.27. The highest BCUT2D eigenvalue weighted by atomic mass is 79.9. The first-order chi connectivity index (χ1) is 5.82. The molecule has 13 heavy (non-hydrogen) atoms. The molecule has 0 aliphatic heterocycles. The van der Waals surface area contributed by atoms with E-state index in [9.17, 15) is 0 Å². The zero-order valence-electron chi connectivity index (χ0n) is 8.41. The van der Waals surface area contributed by atoms with Crippen LogP contribution in [0.3, 0.4) is 0 Å². The van der Waals surface area contributed by atoms with E-state index in [1.54, 1.807) is 0 Å². The van der Waals surface area contributed by atoms with Crippen LogP contribution in [0.2, 0.25) is 19.6 Å². The number of benzene rings is 1. The Kier molecular flexibility index (Phi) is 3.42. The van der Waals surface area contributed by atoms with Crippen LogP contribution in [0, 0.1) is 6.92 Å². The number of hydrogen-bond donors (Lipinski definition) is 0. The van der Waals surface area contributed by atoms with E-state index in [0.29, 0.717) is 0 Å². The minimum Gasteiger partial charge on any atom is -0.0656 e. The summed E-state index contributed by atoms with van der Waals surface area (Å²) in [7, 11) is -1.22. The minimum absolute atomic E-state index is 1.17. The Morgan fingerprint density at radius 3 is 2.08 bits per heavy atom. The van der Waals surface area contributed by atoms with E-state index in [1.165, 1.54) is 19.7 Å². The maximum absolute atomic E-state index is 3.64. The molecule has 0 aliphatic carbocycles. The second kappa shape index (κ2) is 3.87. The van der Waals surface area contributed by atoms with Gasteiger partial charge in [0.25, 0.3) is 0 Å². The third-order valence-corrected chi connectivity index (χ3v) is 6.37. The molecule has 0 saturated heterocycles. The Morgan fingerprint density at radius 1 is 1.08 bits per heavy atom. The number of hydrogen-bond acceptors (Lipinski definition) is 0. The molecular formula is C10H14Br2Si. The highest BCUT2D eigenvalue weighted by Gasteiger charge is 2.20. The molecule has 0 bridgehead atoms. The van der Waals surface area contributed by atoms with Crippen molar-refractivity contribution in [3.63, 3.8) is 0 Å². The van der Waals surface area contributed by atoms with E-state index in [4.69, 9.17) is 0 Å². The fourth-order valence-corrected chi connectivity index (χ4v) is 5.49. The largest absolute Gasteiger partial charge is 0.0791 e. The quantitative estimate of drug-likeness (QED) is 0.684. The summed E-state index contributed by atoms with van der Waals surface area (Å²) < 4.78 is 2.40. The van der Waals surface area contributed by atoms with Gasteiger partial charge < -0.3 is 0 Å². The van der Waals surface area contributed by atoms with Gasteiger partial charge in [0.15, 0.2) is 0 Å². The molecule has 0 aromatic heterocycles. The molecule has 0 N–H and O–H groups in total. The van der Waals surface area contributed by atoms with Crippen molar-refractivity contribution in [3.8, 4) is 0 Å². The van der Waals surface area contributed by atoms with E-state index in [2.05, 4.69) is 70.6 Å². The molecule has 0 amide bonds. The first-order valence-electron chi connectivity index (χ1n) is 4.28. The van der Waals surface area contributed by atoms with Crippen molar-refractivity contribution in [3.05, 3.63) is 26.6 Å². The molecule has 0 fully saturated rings. The van der Waals surface area contributed by atoms with E-state index >= 15 is 0 Å². The molecule has 1 aromatic carbocycles. The normalized spacial score (nSPS) is 11.8. The maximum atomic E-state index is 3.64. The predicted octanol–water partition coefficient (Wildman–Crippen LogP) is 4.07. The molecule has 0 aliphatic rings. The highest BCUT2D eigenvalue weighted by Crippen LogP contribution is 2.24. The van der Waals surface area contributed by atoms with E-state index in [1.807, 2.05) is 0 Å². The molecule has 0 nitrogen and oxygen atoms in total. The number of halogens is 2. The van der Waals surface area contributed by atoms with Gasteiger partial charge in [0.05, 0.1) is 8.07 Å². The van der Waals surface area contributed by atoms with Crippen molar-refractivity contribution in [1.29, 1.82) is 0 Å². The van der Waals surface area contributed by atoms with Gasteiger partial charge in [0.2, 0.25) is 0 Å². The Labute approximate surface area is 98.0 Å². The van der Waals surface area contributed by atoms with Crippen LogP contribution in [0.15, 0.2) is 21.1 Å². The third-order valence-electron chi connectivity index (χ3n) is 1.98. The zero-order chi connectivity index (χ0) is 10.2. The minimum atomic E-state index is -1.22. The molecule has 1 rings (SSSR count). The number of aryl methyl sites for hydroxylation is 1. The number of rotatable bonds is 1. The van der Waals surface area contributed by atoms with Crippen LogP contribution in [0.4, 0.5) is 0 Å². The van der Waals surface area contributed by atoms with Crippen LogP contribution in [0.25, 0.3) is 0 Å². The predicted molar refractivity (Wildman–Crippen MR) is 69.6 cm³/mol. The molecular weight excluding hydrogens is 308 g/mol. The van der Waals surface area contributed by atoms with Crippen LogP contribution < -0.4 is 5.19 Å². The van der Waals surface area contributed by atoms with Crippen molar-refractivity contribution < 1.29 is 0 Å². The van der Waals surface area contributed by atoms with E-state index < -0.39 is 8.07 Å². The fraction of sp³-hybridized carbons (Fsp3) is 0.400. The second-order valence-electron chi connectivity index (χ2n) is 4.36. The van der Waals surface area contributed by atoms with Gasteiger partial charge in [-0.1, -0.05) is 31.3 Å². The average Bonchev–Trinajstić information content (AvgIpc) is 1.94. The lowest BCUT2D eigenvalue weighted by atomic mass is 10.2. The second-order valence-corrected chi connectivity index (χ2v) is 11.0. The molecule has 0 spiro atoms. The van der Waals surface area contributed by atoms with Gasteiger partial charge in [0.1, 0.15) is 0 Å². The van der Waals surface area contributed by atoms with Gasteiger partial charge in [-0.3, -0.25) is 0 Å². The zero-order valence-corrected chi connectivity index (χ0v) is 12.6. The Morgan fingerprint density at radius 2 is 1.62 bits per heavy atom. The van der Waals surface area contributed by atoms with Crippen LogP contribution in [-0.4, -0.2) is 8.07 Å². The maximum Gasteiger partial charge on any atom is 0.0791 e. The van der Waals surface area contributed by atoms with Gasteiger partial charge in [-0.15, -0.1) is 0 Å². The molecule has 3 heteroatoms. The van der Waals surface area contributed by atoms with Crippen LogP contribution in [0.5, 0.6) is 0 Å². The summed E-state index contributed by atoms with van der Waals surface area (Å²) in [5, 5.41) is 1.49. The van der Waals surface area contributed by atoms with Crippen molar-refractivity contribution in [1.82, 2.24) is 0 Å². The molecule has 0 atom stereocenters. The monoisotopic (exact) mass is 320 g/mol. The van der Waals surface area contributed by atoms with Crippen molar-refractivity contribution in [2.75, 3.05) is 0 Å². The van der Waals surface area contributed by atoms with Crippen LogP contribution in [-0.2, 0) is 0 Å². The van der Waals surface area contributed by atoms with Gasteiger partial charge in [-0.05, 0) is 50.0 Å². The molecule has 0 unspecified atom stereocenters. The van der Waals surface area contributed by atoms with Gasteiger partial charge in [-0.25, -0.2) is 0 Å². The molecule has 0 radical (unpaired) electrons. The lowest BCUT2D eigenvalue weighted by Gasteiger charge is -2.20. The van der Waals surface area contributed by atoms with E-state index in [0.717, 1.165) is 0 Å². The molecule has 0 saturated carbocycles. The van der Waals surface area contributed by atoms with Crippen molar-refractivity contribution in [2.24, 2.45) is 0 Å².